The lowest BCUT2D eigenvalue weighted by Crippen LogP contribution is -2.37. The van der Waals surface area contributed by atoms with Gasteiger partial charge >= 0.3 is 5.97 Å². The van der Waals surface area contributed by atoms with Gasteiger partial charge in [0.1, 0.15) is 0 Å². The lowest BCUT2D eigenvalue weighted by atomic mass is 9.89. The first kappa shape index (κ1) is 17.0. The predicted molar refractivity (Wildman–Crippen MR) is 88.8 cm³/mol. The number of nitrogens with zero attached hydrogens (tertiary/aromatic N) is 1. The van der Waals surface area contributed by atoms with Crippen LogP contribution in [0.2, 0.25) is 0 Å². The molecule has 1 N–H and O–H groups in total. The van der Waals surface area contributed by atoms with Gasteiger partial charge in [0.2, 0.25) is 5.91 Å². The zero-order valence-corrected chi connectivity index (χ0v) is 14.2. The molecule has 2 rings (SSSR count). The van der Waals surface area contributed by atoms with Crippen LogP contribution in [0.1, 0.15) is 50.0 Å². The minimum Gasteiger partial charge on any atom is -0.481 e. The smallest absolute Gasteiger partial charge is 0.303 e. The minimum atomic E-state index is -0.789. The Kier molecular flexibility index (Phi) is 6.43. The van der Waals surface area contributed by atoms with Crippen molar-refractivity contribution in [3.63, 3.8) is 0 Å². The number of halogens is 1. The first-order chi connectivity index (χ1) is 10.6. The van der Waals surface area contributed by atoms with E-state index in [1.165, 1.54) is 5.56 Å². The SMILES string of the molecule is O=C(O)CCCCC(=O)N1CCC(c2ccc(Br)cc2)CC1. The molecule has 1 aliphatic heterocycles. The van der Waals surface area contributed by atoms with Crippen LogP contribution in [-0.4, -0.2) is 35.0 Å². The molecule has 1 aromatic rings. The van der Waals surface area contributed by atoms with Crippen LogP contribution in [0.5, 0.6) is 0 Å². The van der Waals surface area contributed by atoms with E-state index in [1.54, 1.807) is 0 Å². The third kappa shape index (κ3) is 5.13. The fourth-order valence-corrected chi connectivity index (χ4v) is 3.17. The van der Waals surface area contributed by atoms with Gasteiger partial charge in [0.05, 0.1) is 0 Å². The van der Waals surface area contributed by atoms with E-state index < -0.39 is 5.97 Å². The molecule has 4 nitrogen and oxygen atoms in total. The zero-order chi connectivity index (χ0) is 15.9. The Bertz CT molecular complexity index is 507. The number of carbonyl (C=O) groups excluding carboxylic acids is 1. The summed E-state index contributed by atoms with van der Waals surface area (Å²) in [7, 11) is 0. The number of rotatable bonds is 6. The number of aliphatic carboxylic acids is 1. The molecule has 22 heavy (non-hydrogen) atoms. The molecular formula is C17H22BrNO3. The molecule has 0 aliphatic carbocycles. The van der Waals surface area contributed by atoms with Crippen molar-refractivity contribution < 1.29 is 14.7 Å². The molecule has 1 aliphatic rings. The standard InChI is InChI=1S/C17H22BrNO3/c18-15-7-5-13(6-8-15)14-9-11-19(12-10-14)16(20)3-1-2-4-17(21)22/h5-8,14H,1-4,9-12H2,(H,21,22). The minimum absolute atomic E-state index is 0.152. The second kappa shape index (κ2) is 8.32. The largest absolute Gasteiger partial charge is 0.481 e. The highest BCUT2D eigenvalue weighted by atomic mass is 79.9. The topological polar surface area (TPSA) is 57.6 Å². The van der Waals surface area contributed by atoms with Crippen LogP contribution in [-0.2, 0) is 9.59 Å². The summed E-state index contributed by atoms with van der Waals surface area (Å²) in [5.74, 6) is -0.0911. The monoisotopic (exact) mass is 367 g/mol. The number of amides is 1. The second-order valence-corrected chi connectivity index (χ2v) is 6.72. The van der Waals surface area contributed by atoms with E-state index in [2.05, 4.69) is 40.2 Å². The van der Waals surface area contributed by atoms with Crippen molar-refractivity contribution >= 4 is 27.8 Å². The van der Waals surface area contributed by atoms with Crippen LogP contribution in [0.15, 0.2) is 28.7 Å². The molecule has 1 heterocycles. The van der Waals surface area contributed by atoms with Gasteiger partial charge in [-0.2, -0.15) is 0 Å². The van der Waals surface area contributed by atoms with Crippen molar-refractivity contribution in [2.75, 3.05) is 13.1 Å². The Labute approximate surface area is 139 Å². The predicted octanol–water partition coefficient (Wildman–Crippen LogP) is 3.80. The van der Waals surface area contributed by atoms with E-state index >= 15 is 0 Å². The molecule has 0 saturated carbocycles. The summed E-state index contributed by atoms with van der Waals surface area (Å²) in [6.07, 6.45) is 3.87. The summed E-state index contributed by atoms with van der Waals surface area (Å²) < 4.78 is 1.09. The van der Waals surface area contributed by atoms with Gasteiger partial charge in [0.15, 0.2) is 0 Å². The Morgan fingerprint density at radius 1 is 1.09 bits per heavy atom. The molecule has 120 valence electrons. The Balaban J connectivity index is 1.73. The Hall–Kier alpha value is -1.36. The number of benzene rings is 1. The number of carboxylic acids is 1. The molecule has 1 amide bonds. The van der Waals surface area contributed by atoms with Crippen molar-refractivity contribution in [1.29, 1.82) is 0 Å². The van der Waals surface area contributed by atoms with Crippen LogP contribution in [0, 0.1) is 0 Å². The average Bonchev–Trinajstić information content (AvgIpc) is 2.52. The van der Waals surface area contributed by atoms with Crippen molar-refractivity contribution in [2.45, 2.75) is 44.4 Å². The van der Waals surface area contributed by atoms with E-state index in [0.29, 0.717) is 25.2 Å². The van der Waals surface area contributed by atoms with E-state index in [1.807, 2.05) is 4.90 Å². The number of piperidine rings is 1. The average molecular weight is 368 g/mol. The van der Waals surface area contributed by atoms with Crippen LogP contribution >= 0.6 is 15.9 Å². The number of hydrogen-bond donors (Lipinski definition) is 1. The van der Waals surface area contributed by atoms with Gasteiger partial charge in [-0.3, -0.25) is 9.59 Å². The quantitative estimate of drug-likeness (QED) is 0.777. The van der Waals surface area contributed by atoms with Gasteiger partial charge in [-0.15, -0.1) is 0 Å². The number of carbonyl (C=O) groups is 2. The summed E-state index contributed by atoms with van der Waals surface area (Å²) in [5, 5.41) is 8.58. The van der Waals surface area contributed by atoms with E-state index in [9.17, 15) is 9.59 Å². The van der Waals surface area contributed by atoms with Gasteiger partial charge in [-0.05, 0) is 49.3 Å². The highest BCUT2D eigenvalue weighted by molar-refractivity contribution is 9.10. The number of likely N-dealkylation sites (tertiary alicyclic amines) is 1. The molecule has 0 radical (unpaired) electrons. The molecule has 0 unspecified atom stereocenters. The molecule has 0 spiro atoms. The maximum atomic E-state index is 12.1. The highest BCUT2D eigenvalue weighted by Crippen LogP contribution is 2.29. The van der Waals surface area contributed by atoms with Crippen LogP contribution < -0.4 is 0 Å². The summed E-state index contributed by atoms with van der Waals surface area (Å²) in [4.78, 5) is 24.5. The number of carboxylic acid groups (broad SMARTS) is 1. The van der Waals surface area contributed by atoms with E-state index in [0.717, 1.165) is 30.4 Å². The highest BCUT2D eigenvalue weighted by Gasteiger charge is 2.23. The molecule has 1 saturated heterocycles. The van der Waals surface area contributed by atoms with E-state index in [4.69, 9.17) is 5.11 Å². The fraction of sp³-hybridized carbons (Fsp3) is 0.529. The lowest BCUT2D eigenvalue weighted by molar-refractivity contribution is -0.137. The van der Waals surface area contributed by atoms with Crippen molar-refractivity contribution in [2.24, 2.45) is 0 Å². The molecule has 0 aromatic heterocycles. The maximum absolute atomic E-state index is 12.1. The summed E-state index contributed by atoms with van der Waals surface area (Å²) >= 11 is 3.45. The van der Waals surface area contributed by atoms with Crippen molar-refractivity contribution in [3.8, 4) is 0 Å². The Morgan fingerprint density at radius 3 is 2.27 bits per heavy atom. The van der Waals surface area contributed by atoms with Crippen LogP contribution in [0.25, 0.3) is 0 Å². The summed E-state index contributed by atoms with van der Waals surface area (Å²) in [5.41, 5.74) is 1.34. The summed E-state index contributed by atoms with van der Waals surface area (Å²) in [6, 6.07) is 8.43. The lowest BCUT2D eigenvalue weighted by Gasteiger charge is -2.32. The van der Waals surface area contributed by atoms with Gasteiger partial charge in [-0.25, -0.2) is 0 Å². The molecule has 5 heteroatoms. The molecule has 1 aromatic carbocycles. The summed E-state index contributed by atoms with van der Waals surface area (Å²) in [6.45, 7) is 1.61. The van der Waals surface area contributed by atoms with Gasteiger partial charge in [-0.1, -0.05) is 28.1 Å². The third-order valence-electron chi connectivity index (χ3n) is 4.22. The molecular weight excluding hydrogens is 346 g/mol. The zero-order valence-electron chi connectivity index (χ0n) is 12.6. The van der Waals surface area contributed by atoms with Gasteiger partial charge in [0.25, 0.3) is 0 Å². The van der Waals surface area contributed by atoms with Crippen molar-refractivity contribution in [1.82, 2.24) is 4.90 Å². The molecule has 0 atom stereocenters. The van der Waals surface area contributed by atoms with Gasteiger partial charge in [0, 0.05) is 30.4 Å². The van der Waals surface area contributed by atoms with Crippen molar-refractivity contribution in [3.05, 3.63) is 34.3 Å². The van der Waals surface area contributed by atoms with Crippen LogP contribution in [0.4, 0.5) is 0 Å². The van der Waals surface area contributed by atoms with Crippen LogP contribution in [0.3, 0.4) is 0 Å². The first-order valence-electron chi connectivity index (χ1n) is 7.81. The second-order valence-electron chi connectivity index (χ2n) is 5.81. The van der Waals surface area contributed by atoms with Gasteiger partial charge < -0.3 is 10.0 Å². The third-order valence-corrected chi connectivity index (χ3v) is 4.75. The number of hydrogen-bond acceptors (Lipinski definition) is 2. The molecule has 1 fully saturated rings. The first-order valence-corrected chi connectivity index (χ1v) is 8.60. The molecule has 0 bridgehead atoms. The fourth-order valence-electron chi connectivity index (χ4n) is 2.91. The van der Waals surface area contributed by atoms with E-state index in [-0.39, 0.29) is 12.3 Å². The maximum Gasteiger partial charge on any atom is 0.303 e. The normalized spacial score (nSPS) is 15.8. The Morgan fingerprint density at radius 2 is 1.68 bits per heavy atom. The number of unbranched alkanes of at least 4 members (excludes halogenated alkanes) is 1.